The first-order valence-electron chi connectivity index (χ1n) is 6.21. The summed E-state index contributed by atoms with van der Waals surface area (Å²) < 4.78 is 15.5. The molecule has 0 atom stereocenters. The van der Waals surface area contributed by atoms with Crippen molar-refractivity contribution in [3.8, 4) is 11.5 Å². The molecule has 0 amide bonds. The number of ether oxygens (including phenoxy) is 3. The number of hydrogen-bond acceptors (Lipinski definition) is 6. The van der Waals surface area contributed by atoms with Crippen LogP contribution in [0.1, 0.15) is 9.67 Å². The monoisotopic (exact) mass is 303 g/mol. The van der Waals surface area contributed by atoms with Gasteiger partial charge in [-0.25, -0.2) is 9.78 Å². The molecule has 21 heavy (non-hydrogen) atoms. The Morgan fingerprint density at radius 2 is 1.81 bits per heavy atom. The summed E-state index contributed by atoms with van der Waals surface area (Å²) in [6.07, 6.45) is 0. The number of carbonyl (C=O) groups is 1. The second kappa shape index (κ2) is 5.21. The van der Waals surface area contributed by atoms with E-state index < -0.39 is 0 Å². The van der Waals surface area contributed by atoms with Gasteiger partial charge in [-0.05, 0) is 24.3 Å². The van der Waals surface area contributed by atoms with Crippen molar-refractivity contribution in [2.45, 2.75) is 0 Å². The molecule has 0 aliphatic rings. The van der Waals surface area contributed by atoms with E-state index in [9.17, 15) is 4.79 Å². The Hall–Kier alpha value is -2.34. The number of fused-ring (bicyclic) bond motifs is 2. The first kappa shape index (κ1) is 13.6. The molecular formula is C15H13NO4S. The van der Waals surface area contributed by atoms with Crippen molar-refractivity contribution in [3.05, 3.63) is 29.1 Å². The smallest absolute Gasteiger partial charge is 0.348 e. The van der Waals surface area contributed by atoms with E-state index in [1.54, 1.807) is 20.3 Å². The standard InChI is InChI=1S/C15H13NO4S/c1-18-10-4-5-11(19-2)13-9(10)6-8-7-12(15(17)20-3)21-14(8)16-13/h4-7H,1-3H3. The molecule has 0 unspecified atom stereocenters. The second-order valence-corrected chi connectivity index (χ2v) is 5.38. The third kappa shape index (κ3) is 2.17. The molecule has 0 radical (unpaired) electrons. The van der Waals surface area contributed by atoms with Crippen molar-refractivity contribution in [1.29, 1.82) is 0 Å². The highest BCUT2D eigenvalue weighted by Gasteiger charge is 2.15. The average Bonchev–Trinajstić information content (AvgIpc) is 2.93. The van der Waals surface area contributed by atoms with Crippen LogP contribution in [0.2, 0.25) is 0 Å². The van der Waals surface area contributed by atoms with Crippen molar-refractivity contribution in [2.24, 2.45) is 0 Å². The van der Waals surface area contributed by atoms with Gasteiger partial charge in [0.15, 0.2) is 0 Å². The van der Waals surface area contributed by atoms with E-state index in [0.717, 1.165) is 15.6 Å². The molecule has 6 heteroatoms. The first-order chi connectivity index (χ1) is 10.2. The number of thiophene rings is 1. The highest BCUT2D eigenvalue weighted by atomic mass is 32.1. The number of methoxy groups -OCH3 is 3. The Bertz CT molecular complexity index is 780. The molecule has 0 aliphatic heterocycles. The van der Waals surface area contributed by atoms with E-state index >= 15 is 0 Å². The number of rotatable bonds is 3. The predicted molar refractivity (Wildman–Crippen MR) is 81.6 cm³/mol. The van der Waals surface area contributed by atoms with Gasteiger partial charge in [-0.15, -0.1) is 11.3 Å². The lowest BCUT2D eigenvalue weighted by molar-refractivity contribution is 0.0606. The Morgan fingerprint density at radius 1 is 1.10 bits per heavy atom. The molecule has 3 aromatic rings. The molecular weight excluding hydrogens is 290 g/mol. The number of esters is 1. The number of hydrogen-bond donors (Lipinski definition) is 0. The van der Waals surface area contributed by atoms with Crippen LogP contribution in [-0.4, -0.2) is 32.3 Å². The van der Waals surface area contributed by atoms with Gasteiger partial charge in [-0.2, -0.15) is 0 Å². The molecule has 0 spiro atoms. The average molecular weight is 303 g/mol. The molecule has 0 saturated carbocycles. The Labute approximate surface area is 125 Å². The van der Waals surface area contributed by atoms with Crippen LogP contribution >= 0.6 is 11.3 Å². The summed E-state index contributed by atoms with van der Waals surface area (Å²) >= 11 is 1.30. The van der Waals surface area contributed by atoms with Crippen molar-refractivity contribution in [2.75, 3.05) is 21.3 Å². The van der Waals surface area contributed by atoms with E-state index in [-0.39, 0.29) is 5.97 Å². The van der Waals surface area contributed by atoms with Gasteiger partial charge in [0.1, 0.15) is 26.7 Å². The zero-order valence-electron chi connectivity index (χ0n) is 11.8. The molecule has 2 heterocycles. The van der Waals surface area contributed by atoms with Crippen LogP contribution in [0.5, 0.6) is 11.5 Å². The van der Waals surface area contributed by atoms with E-state index in [2.05, 4.69) is 4.98 Å². The summed E-state index contributed by atoms with van der Waals surface area (Å²) in [5.41, 5.74) is 0.711. The van der Waals surface area contributed by atoms with Gasteiger partial charge in [-0.3, -0.25) is 0 Å². The third-order valence-electron chi connectivity index (χ3n) is 3.22. The fourth-order valence-corrected chi connectivity index (χ4v) is 3.15. The summed E-state index contributed by atoms with van der Waals surface area (Å²) in [4.78, 5) is 17.5. The molecule has 0 bridgehead atoms. The lowest BCUT2D eigenvalue weighted by Crippen LogP contribution is -1.96. The summed E-state index contributed by atoms with van der Waals surface area (Å²) in [6.45, 7) is 0. The van der Waals surface area contributed by atoms with Crippen LogP contribution in [0.3, 0.4) is 0 Å². The van der Waals surface area contributed by atoms with Crippen LogP contribution in [0.4, 0.5) is 0 Å². The van der Waals surface area contributed by atoms with E-state index in [4.69, 9.17) is 14.2 Å². The summed E-state index contributed by atoms with van der Waals surface area (Å²) in [5, 5.41) is 1.72. The van der Waals surface area contributed by atoms with Gasteiger partial charge in [0.25, 0.3) is 0 Å². The van der Waals surface area contributed by atoms with Crippen molar-refractivity contribution >= 4 is 38.4 Å². The Kier molecular flexibility index (Phi) is 3.39. The zero-order chi connectivity index (χ0) is 15.0. The molecule has 5 nitrogen and oxygen atoms in total. The number of aromatic nitrogens is 1. The largest absolute Gasteiger partial charge is 0.496 e. The van der Waals surface area contributed by atoms with Crippen LogP contribution < -0.4 is 9.47 Å². The van der Waals surface area contributed by atoms with Gasteiger partial charge >= 0.3 is 5.97 Å². The van der Waals surface area contributed by atoms with Crippen molar-refractivity contribution < 1.29 is 19.0 Å². The van der Waals surface area contributed by atoms with Gasteiger partial charge in [0.2, 0.25) is 0 Å². The topological polar surface area (TPSA) is 57.7 Å². The van der Waals surface area contributed by atoms with Gasteiger partial charge in [0, 0.05) is 10.8 Å². The highest BCUT2D eigenvalue weighted by Crippen LogP contribution is 2.36. The molecule has 1 aromatic carbocycles. The number of nitrogens with zero attached hydrogens (tertiary/aromatic N) is 1. The number of pyridine rings is 1. The first-order valence-corrected chi connectivity index (χ1v) is 7.03. The third-order valence-corrected chi connectivity index (χ3v) is 4.24. The molecule has 3 rings (SSSR count). The molecule has 0 N–H and O–H groups in total. The van der Waals surface area contributed by atoms with Crippen LogP contribution in [0, 0.1) is 0 Å². The van der Waals surface area contributed by atoms with Crippen molar-refractivity contribution in [3.63, 3.8) is 0 Å². The maximum atomic E-state index is 11.6. The molecule has 0 fully saturated rings. The highest BCUT2D eigenvalue weighted by molar-refractivity contribution is 7.20. The second-order valence-electron chi connectivity index (χ2n) is 4.35. The minimum atomic E-state index is -0.360. The fraction of sp³-hybridized carbons (Fsp3) is 0.200. The quantitative estimate of drug-likeness (QED) is 0.695. The summed E-state index contributed by atoms with van der Waals surface area (Å²) in [6, 6.07) is 7.37. The van der Waals surface area contributed by atoms with Crippen LogP contribution in [0.15, 0.2) is 24.3 Å². The predicted octanol–water partition coefficient (Wildman–Crippen LogP) is 3.25. The summed E-state index contributed by atoms with van der Waals surface area (Å²) in [5.74, 6) is 1.02. The minimum Gasteiger partial charge on any atom is -0.496 e. The zero-order valence-corrected chi connectivity index (χ0v) is 12.6. The van der Waals surface area contributed by atoms with Crippen LogP contribution in [-0.2, 0) is 4.74 Å². The molecule has 108 valence electrons. The Morgan fingerprint density at radius 3 is 2.48 bits per heavy atom. The SMILES string of the molecule is COC(=O)c1cc2cc3c(OC)ccc(OC)c3nc2s1. The maximum absolute atomic E-state index is 11.6. The van der Waals surface area contributed by atoms with E-state index in [1.807, 2.05) is 18.2 Å². The lowest BCUT2D eigenvalue weighted by Gasteiger charge is -2.08. The lowest BCUT2D eigenvalue weighted by atomic mass is 10.1. The Balaban J connectivity index is 2.33. The fourth-order valence-electron chi connectivity index (χ4n) is 2.21. The molecule has 2 aromatic heterocycles. The molecule has 0 saturated heterocycles. The van der Waals surface area contributed by atoms with Gasteiger partial charge in [-0.1, -0.05) is 0 Å². The van der Waals surface area contributed by atoms with Crippen molar-refractivity contribution in [1.82, 2.24) is 4.98 Å². The minimum absolute atomic E-state index is 0.360. The summed E-state index contributed by atoms with van der Waals surface area (Å²) in [7, 11) is 4.57. The van der Waals surface area contributed by atoms with E-state index in [0.29, 0.717) is 21.9 Å². The van der Waals surface area contributed by atoms with Crippen LogP contribution in [0.25, 0.3) is 21.1 Å². The van der Waals surface area contributed by atoms with E-state index in [1.165, 1.54) is 18.4 Å². The maximum Gasteiger partial charge on any atom is 0.348 e. The molecule has 0 aliphatic carbocycles. The number of benzene rings is 1. The van der Waals surface area contributed by atoms with Gasteiger partial charge < -0.3 is 14.2 Å². The number of carbonyl (C=O) groups excluding carboxylic acids is 1. The van der Waals surface area contributed by atoms with Gasteiger partial charge in [0.05, 0.1) is 21.3 Å². The normalized spacial score (nSPS) is 10.8.